The summed E-state index contributed by atoms with van der Waals surface area (Å²) in [5.41, 5.74) is 6.43. The Balaban J connectivity index is 2.18. The Bertz CT molecular complexity index is 445. The first-order valence-electron chi connectivity index (χ1n) is 4.38. The molecule has 0 aliphatic rings. The van der Waals surface area contributed by atoms with Crippen LogP contribution in [0.4, 0.5) is 10.2 Å². The van der Waals surface area contributed by atoms with Crippen molar-refractivity contribution in [3.8, 4) is 0 Å². The summed E-state index contributed by atoms with van der Waals surface area (Å²) in [5.74, 6) is 0.0514. The molecule has 0 saturated heterocycles. The smallest absolute Gasteiger partial charge is 0.164 e. The van der Waals surface area contributed by atoms with Gasteiger partial charge < -0.3 is 5.73 Å². The summed E-state index contributed by atoms with van der Waals surface area (Å²) < 4.78 is 14.2. The quantitative estimate of drug-likeness (QED) is 0.853. The lowest BCUT2D eigenvalue weighted by molar-refractivity contribution is 0.624. The highest BCUT2D eigenvalue weighted by Gasteiger charge is 2.03. The van der Waals surface area contributed by atoms with E-state index in [2.05, 4.69) is 5.10 Å². The Morgan fingerprint density at radius 1 is 1.33 bits per heavy atom. The highest BCUT2D eigenvalue weighted by molar-refractivity contribution is 6.32. The third-order valence-corrected chi connectivity index (χ3v) is 2.29. The molecule has 5 heteroatoms. The molecule has 0 fully saturated rings. The second-order valence-corrected chi connectivity index (χ2v) is 3.59. The number of nitrogens with two attached hydrogens (primary N) is 1. The Kier molecular flexibility index (Phi) is 2.60. The number of nitrogen functional groups attached to an aromatic ring is 1. The number of halogens is 2. The van der Waals surface area contributed by atoms with E-state index in [0.717, 1.165) is 5.56 Å². The molecule has 2 aromatic rings. The number of nitrogens with zero attached hydrogens (tertiary/aromatic N) is 2. The number of aromatic nitrogens is 2. The van der Waals surface area contributed by atoms with Gasteiger partial charge in [0.1, 0.15) is 10.8 Å². The van der Waals surface area contributed by atoms with Gasteiger partial charge in [0.25, 0.3) is 0 Å². The van der Waals surface area contributed by atoms with Gasteiger partial charge in [0.15, 0.2) is 5.82 Å². The van der Waals surface area contributed by atoms with Gasteiger partial charge in [0.2, 0.25) is 0 Å². The molecule has 0 aliphatic heterocycles. The van der Waals surface area contributed by atoms with Crippen LogP contribution in [0.2, 0.25) is 5.02 Å². The first-order chi connectivity index (χ1) is 7.15. The van der Waals surface area contributed by atoms with E-state index in [1.54, 1.807) is 23.0 Å². The summed E-state index contributed by atoms with van der Waals surface area (Å²) in [5, 5.41) is 4.42. The molecule has 78 valence electrons. The Morgan fingerprint density at radius 3 is 2.53 bits per heavy atom. The van der Waals surface area contributed by atoms with Crippen molar-refractivity contribution < 1.29 is 4.39 Å². The average molecular weight is 226 g/mol. The largest absolute Gasteiger partial charge is 0.381 e. The lowest BCUT2D eigenvalue weighted by Crippen LogP contribution is -2.00. The minimum Gasteiger partial charge on any atom is -0.381 e. The number of benzene rings is 1. The van der Waals surface area contributed by atoms with Crippen LogP contribution < -0.4 is 5.73 Å². The van der Waals surface area contributed by atoms with Crippen molar-refractivity contribution in [1.82, 2.24) is 9.78 Å². The molecule has 2 rings (SSSR count). The fourth-order valence-corrected chi connectivity index (χ4v) is 1.42. The molecular formula is C10H9ClFN3. The van der Waals surface area contributed by atoms with Gasteiger partial charge in [-0.15, -0.1) is 0 Å². The normalized spacial score (nSPS) is 10.5. The third-order valence-electron chi connectivity index (χ3n) is 2.00. The molecule has 3 nitrogen and oxygen atoms in total. The van der Waals surface area contributed by atoms with Gasteiger partial charge in [-0.1, -0.05) is 23.7 Å². The van der Waals surface area contributed by atoms with Crippen LogP contribution >= 0.6 is 11.6 Å². The summed E-state index contributed by atoms with van der Waals surface area (Å²) in [6.07, 6.45) is 1.64. The molecule has 1 aromatic carbocycles. The average Bonchev–Trinajstić information content (AvgIpc) is 2.50. The fourth-order valence-electron chi connectivity index (χ4n) is 1.27. The predicted octanol–water partition coefficient (Wildman–Crippen LogP) is 2.31. The molecule has 1 heterocycles. The van der Waals surface area contributed by atoms with E-state index in [1.807, 2.05) is 0 Å². The van der Waals surface area contributed by atoms with Gasteiger partial charge in [0, 0.05) is 6.20 Å². The topological polar surface area (TPSA) is 43.8 Å². The third kappa shape index (κ3) is 2.27. The lowest BCUT2D eigenvalue weighted by atomic mass is 10.2. The summed E-state index contributed by atoms with van der Waals surface area (Å²) in [6, 6.07) is 6.20. The van der Waals surface area contributed by atoms with Crippen LogP contribution in [0.25, 0.3) is 0 Å². The van der Waals surface area contributed by atoms with Crippen molar-refractivity contribution >= 4 is 17.4 Å². The second kappa shape index (κ2) is 3.90. The minimum absolute atomic E-state index is 0.253. The lowest BCUT2D eigenvalue weighted by Gasteiger charge is -2.00. The molecule has 0 atom stereocenters. The molecule has 1 aromatic heterocycles. The van der Waals surface area contributed by atoms with Crippen LogP contribution in [-0.4, -0.2) is 9.78 Å². The van der Waals surface area contributed by atoms with Crippen molar-refractivity contribution in [3.63, 3.8) is 0 Å². The first-order valence-corrected chi connectivity index (χ1v) is 4.76. The highest BCUT2D eigenvalue weighted by atomic mass is 35.5. The van der Waals surface area contributed by atoms with E-state index in [-0.39, 0.29) is 5.82 Å². The summed E-state index contributed by atoms with van der Waals surface area (Å²) in [7, 11) is 0. The number of rotatable bonds is 2. The van der Waals surface area contributed by atoms with Crippen LogP contribution in [0, 0.1) is 5.82 Å². The zero-order chi connectivity index (χ0) is 10.8. The zero-order valence-electron chi connectivity index (χ0n) is 7.82. The molecule has 0 radical (unpaired) electrons. The van der Waals surface area contributed by atoms with E-state index >= 15 is 0 Å². The standard InChI is InChI=1S/C10H9ClFN3/c11-9-6-15(14-10(9)13)5-7-1-3-8(12)4-2-7/h1-4,6H,5H2,(H2,13,14). The Labute approximate surface area is 91.3 Å². The maximum Gasteiger partial charge on any atom is 0.164 e. The molecule has 15 heavy (non-hydrogen) atoms. The summed E-state index contributed by atoms with van der Waals surface area (Å²) in [4.78, 5) is 0. The van der Waals surface area contributed by atoms with E-state index in [9.17, 15) is 4.39 Å². The molecule has 0 unspecified atom stereocenters. The number of anilines is 1. The molecule has 0 aliphatic carbocycles. The van der Waals surface area contributed by atoms with Crippen LogP contribution in [0.3, 0.4) is 0 Å². The molecule has 0 bridgehead atoms. The van der Waals surface area contributed by atoms with Crippen LogP contribution in [0.1, 0.15) is 5.56 Å². The van der Waals surface area contributed by atoms with Crippen molar-refractivity contribution in [2.75, 3.05) is 5.73 Å². The van der Waals surface area contributed by atoms with Crippen molar-refractivity contribution in [3.05, 3.63) is 46.9 Å². The predicted molar refractivity (Wildman–Crippen MR) is 57.2 cm³/mol. The minimum atomic E-state index is -0.253. The first kappa shape index (κ1) is 9.98. The van der Waals surface area contributed by atoms with Crippen LogP contribution in [-0.2, 0) is 6.54 Å². The fraction of sp³-hybridized carbons (Fsp3) is 0.100. The summed E-state index contributed by atoms with van der Waals surface area (Å²) >= 11 is 5.75. The van der Waals surface area contributed by atoms with Crippen molar-refractivity contribution in [2.24, 2.45) is 0 Å². The Morgan fingerprint density at radius 2 is 2.00 bits per heavy atom. The van der Waals surface area contributed by atoms with E-state index in [1.165, 1.54) is 12.1 Å². The van der Waals surface area contributed by atoms with Gasteiger partial charge in [-0.3, -0.25) is 4.68 Å². The number of hydrogen-bond donors (Lipinski definition) is 1. The van der Waals surface area contributed by atoms with E-state index < -0.39 is 0 Å². The SMILES string of the molecule is Nc1nn(Cc2ccc(F)cc2)cc1Cl. The van der Waals surface area contributed by atoms with Gasteiger partial charge in [-0.2, -0.15) is 5.10 Å². The molecular weight excluding hydrogens is 217 g/mol. The van der Waals surface area contributed by atoms with E-state index in [4.69, 9.17) is 17.3 Å². The zero-order valence-corrected chi connectivity index (χ0v) is 8.58. The maximum absolute atomic E-state index is 12.6. The number of hydrogen-bond acceptors (Lipinski definition) is 2. The van der Waals surface area contributed by atoms with Crippen molar-refractivity contribution in [1.29, 1.82) is 0 Å². The van der Waals surface area contributed by atoms with Gasteiger partial charge in [-0.25, -0.2) is 4.39 Å². The molecule has 2 N–H and O–H groups in total. The van der Waals surface area contributed by atoms with E-state index in [0.29, 0.717) is 17.4 Å². The van der Waals surface area contributed by atoms with Crippen molar-refractivity contribution in [2.45, 2.75) is 6.54 Å². The van der Waals surface area contributed by atoms with Gasteiger partial charge in [-0.05, 0) is 17.7 Å². The van der Waals surface area contributed by atoms with Gasteiger partial charge >= 0.3 is 0 Å². The highest BCUT2D eigenvalue weighted by Crippen LogP contribution is 2.16. The molecule has 0 spiro atoms. The second-order valence-electron chi connectivity index (χ2n) is 3.19. The summed E-state index contributed by atoms with van der Waals surface area (Å²) in [6.45, 7) is 0.525. The monoisotopic (exact) mass is 225 g/mol. The molecule has 0 amide bonds. The van der Waals surface area contributed by atoms with Gasteiger partial charge in [0.05, 0.1) is 6.54 Å². The maximum atomic E-state index is 12.6. The van der Waals surface area contributed by atoms with Crippen LogP contribution in [0.15, 0.2) is 30.5 Å². The molecule has 0 saturated carbocycles. The Hall–Kier alpha value is -1.55. The van der Waals surface area contributed by atoms with Crippen LogP contribution in [0.5, 0.6) is 0 Å².